The second-order valence-corrected chi connectivity index (χ2v) is 23.3. The van der Waals surface area contributed by atoms with Crippen molar-refractivity contribution in [2.24, 2.45) is 35.5 Å². The predicted molar refractivity (Wildman–Crippen MR) is 290 cm³/mol. The first-order valence-corrected chi connectivity index (χ1v) is 28.4. The summed E-state index contributed by atoms with van der Waals surface area (Å²) < 4.78 is 6.11. The Hall–Kier alpha value is -4.81. The van der Waals surface area contributed by atoms with E-state index in [1.807, 2.05) is 62.3 Å². The van der Waals surface area contributed by atoms with Gasteiger partial charge in [-0.05, 0) is 80.5 Å². The van der Waals surface area contributed by atoms with E-state index < -0.39 is 121 Å². The number of hydrogen-bond acceptors (Lipinski definition) is 11. The van der Waals surface area contributed by atoms with Gasteiger partial charge in [0.1, 0.15) is 36.3 Å². The fourth-order valence-corrected chi connectivity index (χ4v) is 9.23. The van der Waals surface area contributed by atoms with Crippen LogP contribution in [-0.2, 0) is 47.9 Å². The maximum absolute atomic E-state index is 14.3. The van der Waals surface area contributed by atoms with Crippen LogP contribution in [0.15, 0.2) is 0 Å². The molecule has 1 heterocycles. The molecule has 9 atom stereocenters. The lowest BCUT2D eigenvalue weighted by Gasteiger charge is -2.30. The predicted octanol–water partition coefficient (Wildman–Crippen LogP) is 6.69. The average molecular weight is 1060 g/mol. The Morgan fingerprint density at radius 1 is 0.507 bits per heavy atom. The van der Waals surface area contributed by atoms with Crippen molar-refractivity contribution < 1.29 is 58.1 Å². The Labute approximate surface area is 449 Å². The number of carbonyl (C=O) groups is 9. The number of carboxylic acid groups (broad SMARTS) is 2. The molecular formula is C56H101N7O12. The van der Waals surface area contributed by atoms with Crippen molar-refractivity contribution in [2.75, 3.05) is 6.54 Å². The minimum absolute atomic E-state index is 0.0530. The van der Waals surface area contributed by atoms with Gasteiger partial charge >= 0.3 is 17.9 Å². The highest BCUT2D eigenvalue weighted by Crippen LogP contribution is 2.20. The molecule has 1 rings (SSSR count). The van der Waals surface area contributed by atoms with Gasteiger partial charge in [0.15, 0.2) is 0 Å². The van der Waals surface area contributed by atoms with Crippen molar-refractivity contribution in [3.8, 4) is 0 Å². The van der Waals surface area contributed by atoms with E-state index in [0.29, 0.717) is 25.2 Å². The van der Waals surface area contributed by atoms with Gasteiger partial charge in [0.05, 0.1) is 18.9 Å². The maximum Gasteiger partial charge on any atom is 0.329 e. The first kappa shape index (κ1) is 68.2. The normalized spacial score (nSPS) is 24.1. The van der Waals surface area contributed by atoms with Crippen LogP contribution in [0.3, 0.4) is 0 Å². The molecule has 1 aliphatic heterocycles. The molecule has 0 aliphatic carbocycles. The minimum atomic E-state index is -1.60. The number of ether oxygens (including phenoxy) is 1. The number of amides is 6. The van der Waals surface area contributed by atoms with Gasteiger partial charge in [0, 0.05) is 19.0 Å². The Balaban J connectivity index is 3.87. The Morgan fingerprint density at radius 3 is 1.45 bits per heavy atom. The van der Waals surface area contributed by atoms with Gasteiger partial charge in [0.2, 0.25) is 35.4 Å². The van der Waals surface area contributed by atoms with E-state index in [-0.39, 0.29) is 68.7 Å². The first-order valence-electron chi connectivity index (χ1n) is 28.4. The molecule has 0 aromatic heterocycles. The molecule has 432 valence electrons. The standard InChI is InChI=1S/C56H101N7O12/c1-13-39(12)50-56(74)75-41(24-22-20-18-16-14-15-17-19-21-23-34(2)3)31-47(64)59-42(25-26-48(65)66)51(69)60-44(29-37(8)9)53(71)58-40(27-35(4)5)33-57-43(28-36(6)7)52(70)62-46(32-49(67)68)54(72)61-45(30-38(10)11)55(73)63-50/h34-46,50,57H,13-33H2,1-12H3,(H,58,71)(H,59,64)(H,60,69)(H,61,72)(H,62,70)(H,63,73)(H,65,66)(H,67,68)/t39-,40+,41?,42-,43-,44-,45+,46-,50-/m0/s1. The van der Waals surface area contributed by atoms with Crippen molar-refractivity contribution in [1.82, 2.24) is 37.2 Å². The molecule has 75 heavy (non-hydrogen) atoms. The Kier molecular flexibility index (Phi) is 33.7. The second-order valence-electron chi connectivity index (χ2n) is 23.3. The van der Waals surface area contributed by atoms with Crippen molar-refractivity contribution in [3.05, 3.63) is 0 Å². The van der Waals surface area contributed by atoms with E-state index in [1.165, 1.54) is 25.7 Å². The van der Waals surface area contributed by atoms with Gasteiger partial charge in [-0.15, -0.1) is 0 Å². The molecule has 0 bridgehead atoms. The SMILES string of the molecule is CC[C@H](C)[C@@H]1NC(=O)[C@@H](CC(C)C)NC(=O)[C@H](CC(=O)O)NC(=O)[C@H](CC(C)C)NC[C@@H](CC(C)C)NC(=O)[C@H](CC(C)C)NC(=O)[C@H](CCC(=O)O)NC(=O)CC(CCCCCCCCCCCC(C)C)OC1=O. The van der Waals surface area contributed by atoms with Crippen LogP contribution in [-0.4, -0.2) is 119 Å². The minimum Gasteiger partial charge on any atom is -0.481 e. The van der Waals surface area contributed by atoms with Crippen LogP contribution in [0.5, 0.6) is 0 Å². The fourth-order valence-electron chi connectivity index (χ4n) is 9.23. The number of carboxylic acids is 2. The van der Waals surface area contributed by atoms with Gasteiger partial charge in [-0.1, -0.05) is 147 Å². The number of cyclic esters (lactones) is 1. The summed E-state index contributed by atoms with van der Waals surface area (Å²) in [6.45, 7) is 23.2. The lowest BCUT2D eigenvalue weighted by atomic mass is 9.97. The summed E-state index contributed by atoms with van der Waals surface area (Å²) in [5.74, 6) is -7.79. The highest BCUT2D eigenvalue weighted by Gasteiger charge is 2.37. The fraction of sp³-hybridized carbons (Fsp3) is 0.839. The molecule has 19 nitrogen and oxygen atoms in total. The highest BCUT2D eigenvalue weighted by atomic mass is 16.5. The third-order valence-electron chi connectivity index (χ3n) is 13.5. The van der Waals surface area contributed by atoms with E-state index in [2.05, 4.69) is 51.1 Å². The summed E-state index contributed by atoms with van der Waals surface area (Å²) in [7, 11) is 0. The van der Waals surface area contributed by atoms with Crippen LogP contribution >= 0.6 is 0 Å². The van der Waals surface area contributed by atoms with Crippen molar-refractivity contribution in [1.29, 1.82) is 0 Å². The zero-order chi connectivity index (χ0) is 56.8. The van der Waals surface area contributed by atoms with Gasteiger partial charge < -0.3 is 52.2 Å². The molecule has 0 saturated carbocycles. The molecule has 0 spiro atoms. The lowest BCUT2D eigenvalue weighted by molar-refractivity contribution is -0.156. The molecule has 19 heteroatoms. The summed E-state index contributed by atoms with van der Waals surface area (Å²) in [6, 6.07) is -8.14. The molecule has 9 N–H and O–H groups in total. The highest BCUT2D eigenvalue weighted by molar-refractivity contribution is 5.96. The van der Waals surface area contributed by atoms with Crippen LogP contribution < -0.4 is 37.2 Å². The molecule has 6 amide bonds. The number of hydrogen-bond donors (Lipinski definition) is 9. The largest absolute Gasteiger partial charge is 0.481 e. The van der Waals surface area contributed by atoms with E-state index in [9.17, 15) is 53.4 Å². The Morgan fingerprint density at radius 2 is 0.960 bits per heavy atom. The molecule has 1 fully saturated rings. The van der Waals surface area contributed by atoms with Crippen LogP contribution in [0.2, 0.25) is 0 Å². The van der Waals surface area contributed by atoms with E-state index >= 15 is 0 Å². The van der Waals surface area contributed by atoms with Gasteiger partial charge in [-0.2, -0.15) is 0 Å². The summed E-state index contributed by atoms with van der Waals surface area (Å²) in [4.78, 5) is 123. The topological polar surface area (TPSA) is 288 Å². The van der Waals surface area contributed by atoms with Crippen LogP contribution in [0.25, 0.3) is 0 Å². The van der Waals surface area contributed by atoms with Crippen LogP contribution in [0.1, 0.15) is 212 Å². The first-order chi connectivity index (χ1) is 35.2. The zero-order valence-electron chi connectivity index (χ0n) is 47.9. The number of carbonyl (C=O) groups excluding carboxylic acids is 7. The van der Waals surface area contributed by atoms with Crippen LogP contribution in [0, 0.1) is 35.5 Å². The number of rotatable bonds is 27. The summed E-state index contributed by atoms with van der Waals surface area (Å²) >= 11 is 0. The molecular weight excluding hydrogens is 963 g/mol. The third kappa shape index (κ3) is 30.5. The molecule has 0 aromatic carbocycles. The molecule has 1 saturated heterocycles. The zero-order valence-corrected chi connectivity index (χ0v) is 47.9. The lowest BCUT2D eigenvalue weighted by Crippen LogP contribution is -2.59. The summed E-state index contributed by atoms with van der Waals surface area (Å²) in [5, 5.41) is 39.4. The molecule has 0 radical (unpaired) electrons. The number of nitrogens with one attached hydrogen (secondary N) is 7. The van der Waals surface area contributed by atoms with E-state index in [4.69, 9.17) is 4.74 Å². The number of esters is 1. The molecule has 1 aliphatic rings. The Bertz CT molecular complexity index is 1770. The third-order valence-corrected chi connectivity index (χ3v) is 13.5. The second kappa shape index (κ2) is 37.0. The van der Waals surface area contributed by atoms with Gasteiger partial charge in [-0.25, -0.2) is 4.79 Å². The molecule has 1 unspecified atom stereocenters. The quantitative estimate of drug-likeness (QED) is 0.0307. The maximum atomic E-state index is 14.3. The van der Waals surface area contributed by atoms with E-state index in [0.717, 1.165) is 32.1 Å². The number of aliphatic carboxylic acids is 2. The van der Waals surface area contributed by atoms with Gasteiger partial charge in [-0.3, -0.25) is 38.4 Å². The van der Waals surface area contributed by atoms with Crippen molar-refractivity contribution in [3.63, 3.8) is 0 Å². The van der Waals surface area contributed by atoms with Crippen molar-refractivity contribution >= 4 is 53.4 Å². The van der Waals surface area contributed by atoms with Crippen molar-refractivity contribution in [2.45, 2.75) is 260 Å². The average Bonchev–Trinajstić information content (AvgIpc) is 3.29. The summed E-state index contributed by atoms with van der Waals surface area (Å²) in [5.41, 5.74) is 0. The summed E-state index contributed by atoms with van der Waals surface area (Å²) in [6.07, 6.45) is 9.14. The smallest absolute Gasteiger partial charge is 0.329 e. The van der Waals surface area contributed by atoms with Gasteiger partial charge in [0.25, 0.3) is 0 Å². The number of unbranched alkanes of at least 4 members (excludes halogenated alkanes) is 8. The molecule has 0 aromatic rings. The van der Waals surface area contributed by atoms with Crippen LogP contribution in [0.4, 0.5) is 0 Å². The monoisotopic (exact) mass is 1060 g/mol. The van der Waals surface area contributed by atoms with E-state index in [1.54, 1.807) is 6.92 Å².